The molecule has 0 aliphatic heterocycles. The average Bonchev–Trinajstić information content (AvgIpc) is 3.17. The number of nitrogens with zero attached hydrogens (tertiary/aromatic N) is 2. The van der Waals surface area contributed by atoms with Crippen LogP contribution in [0.1, 0.15) is 18.1 Å². The van der Waals surface area contributed by atoms with E-state index in [1.165, 1.54) is 11.2 Å². The number of anilines is 3. The zero-order chi connectivity index (χ0) is 19.9. The van der Waals surface area contributed by atoms with E-state index in [1.54, 1.807) is 12.4 Å². The van der Waals surface area contributed by atoms with E-state index in [4.69, 9.17) is 20.7 Å². The number of aryl methyl sites for hydroxylation is 1. The lowest BCUT2D eigenvalue weighted by molar-refractivity contribution is 0.134. The number of aromatic nitrogens is 1. The van der Waals surface area contributed by atoms with Crippen molar-refractivity contribution in [2.24, 2.45) is 11.6 Å². The van der Waals surface area contributed by atoms with Gasteiger partial charge in [0.15, 0.2) is 5.76 Å². The van der Waals surface area contributed by atoms with Crippen molar-refractivity contribution in [2.45, 2.75) is 20.5 Å². The molecule has 0 spiro atoms. The van der Waals surface area contributed by atoms with Gasteiger partial charge in [-0.3, -0.25) is 5.01 Å². The third kappa shape index (κ3) is 4.70. The van der Waals surface area contributed by atoms with Crippen LogP contribution in [-0.2, 0) is 11.3 Å². The van der Waals surface area contributed by atoms with Crippen molar-refractivity contribution < 1.29 is 9.15 Å². The summed E-state index contributed by atoms with van der Waals surface area (Å²) in [5.41, 5.74) is 10.2. The van der Waals surface area contributed by atoms with Crippen LogP contribution in [0.3, 0.4) is 0 Å². The summed E-state index contributed by atoms with van der Waals surface area (Å²) < 4.78 is 11.3. The molecule has 0 atom stereocenters. The number of nitrogens with two attached hydrogens (primary N) is 2. The highest BCUT2D eigenvalue weighted by molar-refractivity contribution is 5.64. The average molecular weight is 379 g/mol. The largest absolute Gasteiger partial charge is 0.423 e. The Balaban J connectivity index is 1.74. The lowest BCUT2D eigenvalue weighted by atomic mass is 10.1. The summed E-state index contributed by atoms with van der Waals surface area (Å²) >= 11 is 0. The first-order valence-electron chi connectivity index (χ1n) is 9.03. The Bertz CT molecular complexity index is 934. The predicted molar refractivity (Wildman–Crippen MR) is 112 cm³/mol. The molecule has 1 aromatic heterocycles. The molecule has 0 radical (unpaired) electrons. The minimum absolute atomic E-state index is 0.433. The van der Waals surface area contributed by atoms with Crippen LogP contribution < -0.4 is 21.9 Å². The van der Waals surface area contributed by atoms with Crippen molar-refractivity contribution in [3.05, 3.63) is 72.2 Å². The van der Waals surface area contributed by atoms with Crippen LogP contribution in [-0.4, -0.2) is 11.6 Å². The fraction of sp³-hybridized carbons (Fsp3) is 0.190. The van der Waals surface area contributed by atoms with Gasteiger partial charge in [0.05, 0.1) is 18.5 Å². The van der Waals surface area contributed by atoms with Crippen molar-refractivity contribution in [3.63, 3.8) is 0 Å². The maximum Gasteiger partial charge on any atom is 0.299 e. The number of hydrogen-bond donors (Lipinski definition) is 3. The smallest absolute Gasteiger partial charge is 0.299 e. The minimum atomic E-state index is 0.433. The molecule has 0 unspecified atom stereocenters. The van der Waals surface area contributed by atoms with Crippen molar-refractivity contribution >= 4 is 17.4 Å². The lowest BCUT2D eigenvalue weighted by Gasteiger charge is -2.13. The van der Waals surface area contributed by atoms with Crippen LogP contribution in [0.25, 0.3) is 11.3 Å². The molecule has 0 fully saturated rings. The number of ether oxygens (including phenoxy) is 1. The maximum absolute atomic E-state index is 5.87. The zero-order valence-corrected chi connectivity index (χ0v) is 16.1. The predicted octanol–water partition coefficient (Wildman–Crippen LogP) is 4.04. The Labute approximate surface area is 164 Å². The molecule has 0 aliphatic rings. The quantitative estimate of drug-likeness (QED) is 0.401. The molecule has 0 saturated carbocycles. The SMILES string of the molecule is CCOCc1ccc(C)c(Nc2ncc(-c3ccc(N(N)/C=C\N)cc3)o2)c1. The molecule has 3 rings (SSSR count). The molecule has 0 saturated heterocycles. The first-order chi connectivity index (χ1) is 13.6. The highest BCUT2D eigenvalue weighted by atomic mass is 16.5. The van der Waals surface area contributed by atoms with Gasteiger partial charge in [0.25, 0.3) is 6.01 Å². The highest BCUT2D eigenvalue weighted by Gasteiger charge is 2.09. The topological polar surface area (TPSA) is 103 Å². The normalized spacial score (nSPS) is 11.1. The van der Waals surface area contributed by atoms with Crippen LogP contribution in [0.15, 0.2) is 65.5 Å². The Kier molecular flexibility index (Phi) is 6.31. The molecule has 0 amide bonds. The summed E-state index contributed by atoms with van der Waals surface area (Å²) in [6, 6.07) is 14.2. The van der Waals surface area contributed by atoms with Crippen LogP contribution in [0, 0.1) is 6.92 Å². The van der Waals surface area contributed by atoms with E-state index in [-0.39, 0.29) is 0 Å². The van der Waals surface area contributed by atoms with Gasteiger partial charge in [0.2, 0.25) is 0 Å². The molecule has 7 nitrogen and oxygen atoms in total. The van der Waals surface area contributed by atoms with Gasteiger partial charge < -0.3 is 20.2 Å². The number of benzene rings is 2. The Hall–Kier alpha value is -3.29. The number of hydrazine groups is 1. The van der Waals surface area contributed by atoms with E-state index in [0.29, 0.717) is 25.0 Å². The van der Waals surface area contributed by atoms with Gasteiger partial charge in [0.1, 0.15) is 0 Å². The first-order valence-corrected chi connectivity index (χ1v) is 9.03. The second-order valence-electron chi connectivity index (χ2n) is 6.24. The number of hydrogen-bond acceptors (Lipinski definition) is 7. The van der Waals surface area contributed by atoms with Gasteiger partial charge in [-0.2, -0.15) is 0 Å². The molecule has 1 heterocycles. The molecular formula is C21H25N5O2. The van der Waals surface area contributed by atoms with Gasteiger partial charge in [-0.1, -0.05) is 12.1 Å². The third-order valence-electron chi connectivity index (χ3n) is 4.22. The van der Waals surface area contributed by atoms with Gasteiger partial charge in [0, 0.05) is 30.3 Å². The summed E-state index contributed by atoms with van der Waals surface area (Å²) in [6.45, 7) is 5.27. The fourth-order valence-corrected chi connectivity index (χ4v) is 2.67. The lowest BCUT2D eigenvalue weighted by Crippen LogP contribution is -2.24. The maximum atomic E-state index is 5.87. The molecule has 0 aliphatic carbocycles. The van der Waals surface area contributed by atoms with Gasteiger partial charge in [-0.25, -0.2) is 10.8 Å². The number of nitrogens with one attached hydrogen (secondary N) is 1. The molecule has 0 bridgehead atoms. The monoisotopic (exact) mass is 379 g/mol. The fourth-order valence-electron chi connectivity index (χ4n) is 2.67. The second-order valence-corrected chi connectivity index (χ2v) is 6.24. The molecule has 3 aromatic rings. The Morgan fingerprint density at radius 1 is 1.21 bits per heavy atom. The van der Waals surface area contributed by atoms with Crippen molar-refractivity contribution in [3.8, 4) is 11.3 Å². The van der Waals surface area contributed by atoms with E-state index >= 15 is 0 Å². The van der Waals surface area contributed by atoms with Crippen LogP contribution in [0.2, 0.25) is 0 Å². The van der Waals surface area contributed by atoms with E-state index in [2.05, 4.69) is 16.4 Å². The summed E-state index contributed by atoms with van der Waals surface area (Å²) in [5.74, 6) is 6.51. The van der Waals surface area contributed by atoms with Gasteiger partial charge in [-0.15, -0.1) is 0 Å². The molecule has 7 heteroatoms. The molecule has 2 aromatic carbocycles. The summed E-state index contributed by atoms with van der Waals surface area (Å²) in [6.07, 6.45) is 4.65. The summed E-state index contributed by atoms with van der Waals surface area (Å²) in [7, 11) is 0. The number of oxazole rings is 1. The summed E-state index contributed by atoms with van der Waals surface area (Å²) in [4.78, 5) is 4.34. The third-order valence-corrected chi connectivity index (χ3v) is 4.22. The summed E-state index contributed by atoms with van der Waals surface area (Å²) in [5, 5.41) is 4.68. The van der Waals surface area contributed by atoms with Crippen molar-refractivity contribution in [2.75, 3.05) is 16.9 Å². The standard InChI is InChI=1S/C21H25N5O2/c1-3-27-14-16-5-4-15(2)19(12-16)25-21-24-13-20(28-21)17-6-8-18(9-7-17)26(23)11-10-22/h4-13H,3,14,22-23H2,1-2H3,(H,24,25)/b11-10-. The van der Waals surface area contributed by atoms with E-state index in [1.807, 2.05) is 50.2 Å². The highest BCUT2D eigenvalue weighted by Crippen LogP contribution is 2.27. The Morgan fingerprint density at radius 3 is 2.71 bits per heavy atom. The van der Waals surface area contributed by atoms with Crippen LogP contribution in [0.4, 0.5) is 17.4 Å². The van der Waals surface area contributed by atoms with Crippen LogP contribution >= 0.6 is 0 Å². The van der Waals surface area contributed by atoms with E-state index in [9.17, 15) is 0 Å². The molecular weight excluding hydrogens is 354 g/mol. The molecule has 28 heavy (non-hydrogen) atoms. The van der Waals surface area contributed by atoms with E-state index in [0.717, 1.165) is 28.1 Å². The van der Waals surface area contributed by atoms with E-state index < -0.39 is 0 Å². The zero-order valence-electron chi connectivity index (χ0n) is 16.1. The van der Waals surface area contributed by atoms with Crippen LogP contribution in [0.5, 0.6) is 0 Å². The van der Waals surface area contributed by atoms with Gasteiger partial charge in [-0.05, 0) is 55.3 Å². The van der Waals surface area contributed by atoms with Gasteiger partial charge >= 0.3 is 0 Å². The number of rotatable bonds is 8. The minimum Gasteiger partial charge on any atom is -0.423 e. The molecule has 5 N–H and O–H groups in total. The Morgan fingerprint density at radius 2 is 2.00 bits per heavy atom. The van der Waals surface area contributed by atoms with Crippen molar-refractivity contribution in [1.82, 2.24) is 4.98 Å². The first kappa shape index (κ1) is 19.5. The molecule has 146 valence electrons. The van der Waals surface area contributed by atoms with Crippen molar-refractivity contribution in [1.29, 1.82) is 0 Å². The second kappa shape index (κ2) is 9.07.